The first-order valence-electron chi connectivity index (χ1n) is 15.0. The monoisotopic (exact) mass is 544 g/mol. The van der Waals surface area contributed by atoms with Crippen molar-refractivity contribution in [2.75, 3.05) is 24.6 Å². The Bertz CT molecular complexity index is 1190. The molecule has 0 unspecified atom stereocenters. The summed E-state index contributed by atoms with van der Waals surface area (Å²) in [4.78, 5) is 9.69. The standard InChI is InChI=1S/C34H46N2P2/c1-5-9-23-37(24-10-6-2)31-19-17-29-27(15-13-21-35-29)33(31)34-28-16-14-22-36-30(28)18-20-32(34)38(25-11-7-3)26-12-8-4/h13-22H,5-12,23-26H2,1-4H3. The van der Waals surface area contributed by atoms with Crippen molar-refractivity contribution >= 4 is 48.3 Å². The maximum absolute atomic E-state index is 4.84. The molecule has 4 aromatic rings. The molecule has 0 radical (unpaired) electrons. The highest BCUT2D eigenvalue weighted by molar-refractivity contribution is 7.66. The Morgan fingerprint density at radius 1 is 0.500 bits per heavy atom. The van der Waals surface area contributed by atoms with Crippen LogP contribution in [0.25, 0.3) is 32.9 Å². The molecule has 4 rings (SSSR count). The highest BCUT2D eigenvalue weighted by Gasteiger charge is 2.24. The lowest BCUT2D eigenvalue weighted by Gasteiger charge is -2.27. The molecule has 0 saturated heterocycles. The summed E-state index contributed by atoms with van der Waals surface area (Å²) in [6, 6.07) is 18.4. The van der Waals surface area contributed by atoms with Crippen LogP contribution >= 0.6 is 15.8 Å². The fourth-order valence-corrected chi connectivity index (χ4v) is 11.3. The van der Waals surface area contributed by atoms with Gasteiger partial charge in [0.05, 0.1) is 11.0 Å². The van der Waals surface area contributed by atoms with E-state index in [-0.39, 0.29) is 15.8 Å². The number of pyridine rings is 2. The van der Waals surface area contributed by atoms with E-state index in [4.69, 9.17) is 9.97 Å². The summed E-state index contributed by atoms with van der Waals surface area (Å²) in [5, 5.41) is 5.84. The van der Waals surface area contributed by atoms with Crippen molar-refractivity contribution in [1.29, 1.82) is 0 Å². The molecule has 0 aliphatic carbocycles. The number of benzene rings is 2. The maximum Gasteiger partial charge on any atom is 0.0708 e. The van der Waals surface area contributed by atoms with Gasteiger partial charge in [0.1, 0.15) is 0 Å². The Labute approximate surface area is 233 Å². The summed E-state index contributed by atoms with van der Waals surface area (Å²) in [6.45, 7) is 9.34. The van der Waals surface area contributed by atoms with Gasteiger partial charge in [0, 0.05) is 34.3 Å². The average molecular weight is 545 g/mol. The van der Waals surface area contributed by atoms with Gasteiger partial charge in [0.15, 0.2) is 0 Å². The van der Waals surface area contributed by atoms with Crippen LogP contribution in [0.2, 0.25) is 0 Å². The molecule has 0 aliphatic heterocycles. The van der Waals surface area contributed by atoms with Crippen LogP contribution < -0.4 is 10.6 Å². The van der Waals surface area contributed by atoms with E-state index in [0.717, 1.165) is 11.0 Å². The molecule has 2 heterocycles. The molecule has 202 valence electrons. The summed E-state index contributed by atoms with van der Waals surface area (Å²) < 4.78 is 0. The van der Waals surface area contributed by atoms with Crippen LogP contribution in [0.15, 0.2) is 60.9 Å². The molecular weight excluding hydrogens is 498 g/mol. The minimum atomic E-state index is -0.235. The number of unbranched alkanes of at least 4 members (excludes halogenated alkanes) is 4. The van der Waals surface area contributed by atoms with Gasteiger partial charge >= 0.3 is 0 Å². The van der Waals surface area contributed by atoms with Gasteiger partial charge in [-0.3, -0.25) is 9.97 Å². The van der Waals surface area contributed by atoms with E-state index in [2.05, 4.69) is 76.2 Å². The smallest absolute Gasteiger partial charge is 0.0708 e. The topological polar surface area (TPSA) is 25.8 Å². The van der Waals surface area contributed by atoms with Crippen molar-refractivity contribution in [2.45, 2.75) is 79.1 Å². The molecule has 2 nitrogen and oxygen atoms in total. The number of nitrogens with zero attached hydrogens (tertiary/aromatic N) is 2. The molecule has 0 atom stereocenters. The van der Waals surface area contributed by atoms with Crippen molar-refractivity contribution in [1.82, 2.24) is 9.97 Å². The van der Waals surface area contributed by atoms with Gasteiger partial charge in [0.25, 0.3) is 0 Å². The van der Waals surface area contributed by atoms with Gasteiger partial charge < -0.3 is 0 Å². The lowest BCUT2D eigenvalue weighted by Crippen LogP contribution is -2.17. The molecule has 0 aliphatic rings. The van der Waals surface area contributed by atoms with Crippen molar-refractivity contribution in [2.24, 2.45) is 0 Å². The van der Waals surface area contributed by atoms with Crippen LogP contribution in [0.3, 0.4) is 0 Å². The minimum absolute atomic E-state index is 0.235. The molecule has 0 bridgehead atoms. The van der Waals surface area contributed by atoms with Crippen LogP contribution in [0.1, 0.15) is 79.1 Å². The van der Waals surface area contributed by atoms with Gasteiger partial charge in [-0.25, -0.2) is 0 Å². The van der Waals surface area contributed by atoms with Crippen molar-refractivity contribution in [3.05, 3.63) is 60.9 Å². The molecule has 0 fully saturated rings. The predicted molar refractivity (Wildman–Crippen MR) is 175 cm³/mol. The summed E-state index contributed by atoms with van der Waals surface area (Å²) in [5.41, 5.74) is 5.18. The second-order valence-electron chi connectivity index (χ2n) is 10.4. The number of rotatable bonds is 15. The predicted octanol–water partition coefficient (Wildman–Crippen LogP) is 9.86. The molecule has 2 aromatic heterocycles. The molecule has 0 amide bonds. The van der Waals surface area contributed by atoms with Crippen molar-refractivity contribution < 1.29 is 0 Å². The first-order chi connectivity index (χ1) is 18.7. The number of hydrogen-bond donors (Lipinski definition) is 0. The number of fused-ring (bicyclic) bond motifs is 2. The largest absolute Gasteiger partial charge is 0.256 e. The van der Waals surface area contributed by atoms with Crippen molar-refractivity contribution in [3.8, 4) is 11.1 Å². The SMILES string of the molecule is CCCCP(CCCC)c1ccc2ncccc2c1-c1c(P(CCCC)CCCC)ccc2ncccc12. The quantitative estimate of drug-likeness (QED) is 0.139. The van der Waals surface area contributed by atoms with E-state index >= 15 is 0 Å². The summed E-state index contributed by atoms with van der Waals surface area (Å²) >= 11 is 0. The zero-order chi connectivity index (χ0) is 26.7. The maximum atomic E-state index is 4.84. The van der Waals surface area contributed by atoms with E-state index < -0.39 is 0 Å². The average Bonchev–Trinajstić information content (AvgIpc) is 2.96. The molecule has 4 heteroatoms. The van der Waals surface area contributed by atoms with Gasteiger partial charge in [-0.1, -0.05) is 93.5 Å². The third kappa shape index (κ3) is 6.81. The van der Waals surface area contributed by atoms with Crippen LogP contribution in [0.4, 0.5) is 0 Å². The van der Waals surface area contributed by atoms with Gasteiger partial charge in [0.2, 0.25) is 0 Å². The third-order valence-electron chi connectivity index (χ3n) is 7.58. The Morgan fingerprint density at radius 2 is 0.868 bits per heavy atom. The molecule has 0 saturated carbocycles. The summed E-state index contributed by atoms with van der Waals surface area (Å²) in [7, 11) is -0.470. The highest BCUT2D eigenvalue weighted by Crippen LogP contribution is 2.47. The lowest BCUT2D eigenvalue weighted by atomic mass is 9.96. The van der Waals surface area contributed by atoms with E-state index in [1.54, 1.807) is 10.6 Å². The summed E-state index contributed by atoms with van der Waals surface area (Å²) in [6.07, 6.45) is 19.5. The second-order valence-corrected chi connectivity index (χ2v) is 15.4. The first kappa shape index (κ1) is 29.1. The van der Waals surface area contributed by atoms with E-state index in [1.807, 2.05) is 12.4 Å². The van der Waals surface area contributed by atoms with Gasteiger partial charge in [-0.2, -0.15) is 0 Å². The Hall–Kier alpha value is -1.88. The summed E-state index contributed by atoms with van der Waals surface area (Å²) in [5.74, 6) is 0. The molecule has 38 heavy (non-hydrogen) atoms. The number of hydrogen-bond acceptors (Lipinski definition) is 2. The molecule has 0 N–H and O–H groups in total. The normalized spacial score (nSPS) is 11.8. The second kappa shape index (κ2) is 15.1. The Balaban J connectivity index is 2.05. The highest BCUT2D eigenvalue weighted by atomic mass is 31.1. The Kier molecular flexibility index (Phi) is 11.5. The van der Waals surface area contributed by atoms with Gasteiger partial charge in [-0.15, -0.1) is 0 Å². The fourth-order valence-electron chi connectivity index (χ4n) is 5.44. The Morgan fingerprint density at radius 3 is 1.21 bits per heavy atom. The van der Waals surface area contributed by atoms with Crippen LogP contribution in [-0.2, 0) is 0 Å². The molecular formula is C34H46N2P2. The van der Waals surface area contributed by atoms with E-state index in [1.165, 1.54) is 97.9 Å². The van der Waals surface area contributed by atoms with Crippen LogP contribution in [0.5, 0.6) is 0 Å². The first-order valence-corrected chi connectivity index (χ1v) is 18.4. The lowest BCUT2D eigenvalue weighted by molar-refractivity contribution is 0.870. The van der Waals surface area contributed by atoms with Crippen LogP contribution in [-0.4, -0.2) is 34.6 Å². The van der Waals surface area contributed by atoms with Gasteiger partial charge in [-0.05, 0) is 85.2 Å². The number of aromatic nitrogens is 2. The minimum Gasteiger partial charge on any atom is -0.256 e. The fraction of sp³-hybridized carbons (Fsp3) is 0.471. The zero-order valence-electron chi connectivity index (χ0n) is 24.0. The third-order valence-corrected chi connectivity index (χ3v) is 13.1. The van der Waals surface area contributed by atoms with Crippen molar-refractivity contribution in [3.63, 3.8) is 0 Å². The molecule has 0 spiro atoms. The zero-order valence-corrected chi connectivity index (χ0v) is 25.8. The van der Waals surface area contributed by atoms with Crippen LogP contribution in [0, 0.1) is 0 Å². The van der Waals surface area contributed by atoms with E-state index in [0.29, 0.717) is 0 Å². The van der Waals surface area contributed by atoms with E-state index in [9.17, 15) is 0 Å². The molecule has 2 aromatic carbocycles.